The lowest BCUT2D eigenvalue weighted by Gasteiger charge is -2.27. The number of carbonyl (C=O) groups is 1. The van der Waals surface area contributed by atoms with Crippen molar-refractivity contribution in [1.29, 1.82) is 0 Å². The lowest BCUT2D eigenvalue weighted by atomic mass is 10.2. The third-order valence-electron chi connectivity index (χ3n) is 4.28. The number of fused-ring (bicyclic) bond motifs is 1. The van der Waals surface area contributed by atoms with Gasteiger partial charge in [0, 0.05) is 31.0 Å². The normalized spacial score (nSPS) is 14.4. The number of nitrogens with zero attached hydrogens (tertiary/aromatic N) is 3. The number of carbonyl (C=O) groups excluding carboxylic acids is 1. The van der Waals surface area contributed by atoms with Crippen molar-refractivity contribution < 1.29 is 4.79 Å². The molecule has 0 saturated heterocycles. The van der Waals surface area contributed by atoms with E-state index in [1.165, 1.54) is 16.2 Å². The third-order valence-corrected chi connectivity index (χ3v) is 5.02. The number of hydrogen-bond donors (Lipinski definition) is 1. The highest BCUT2D eigenvalue weighted by Crippen LogP contribution is 2.19. The molecule has 2 heterocycles. The summed E-state index contributed by atoms with van der Waals surface area (Å²) in [4.78, 5) is 15.1. The number of amides is 1. The van der Waals surface area contributed by atoms with Crippen molar-refractivity contribution >= 4 is 17.7 Å². The fourth-order valence-electron chi connectivity index (χ4n) is 2.90. The van der Waals surface area contributed by atoms with Crippen LogP contribution in [0.1, 0.15) is 30.3 Å². The standard InChI is InChI=1S/C18H24N4OS/c1-3-18(23)19-11-15-10-16-13-21(8-9-22(16)20-15)12-14-4-6-17(24-2)7-5-14/h4-7,10H,3,8-9,11-13H2,1-2H3,(H,19,23). The van der Waals surface area contributed by atoms with E-state index in [1.807, 2.05) is 6.92 Å². The van der Waals surface area contributed by atoms with Gasteiger partial charge in [-0.1, -0.05) is 19.1 Å². The van der Waals surface area contributed by atoms with Crippen LogP contribution in [0.5, 0.6) is 0 Å². The molecule has 1 aliphatic rings. The van der Waals surface area contributed by atoms with E-state index in [2.05, 4.69) is 56.6 Å². The maximum Gasteiger partial charge on any atom is 0.220 e. The first-order valence-corrected chi connectivity index (χ1v) is 9.58. The number of rotatable bonds is 6. The first-order chi connectivity index (χ1) is 11.7. The summed E-state index contributed by atoms with van der Waals surface area (Å²) >= 11 is 1.77. The summed E-state index contributed by atoms with van der Waals surface area (Å²) in [7, 11) is 0. The van der Waals surface area contributed by atoms with Gasteiger partial charge in [0.1, 0.15) is 0 Å². The number of hydrogen-bond acceptors (Lipinski definition) is 4. The SMILES string of the molecule is CCC(=O)NCc1cc2n(n1)CCN(Cc1ccc(SC)cc1)C2. The summed E-state index contributed by atoms with van der Waals surface area (Å²) in [5.74, 6) is 0.0660. The van der Waals surface area contributed by atoms with Gasteiger partial charge >= 0.3 is 0 Å². The van der Waals surface area contributed by atoms with E-state index in [0.717, 1.165) is 31.9 Å². The fraction of sp³-hybridized carbons (Fsp3) is 0.444. The van der Waals surface area contributed by atoms with Gasteiger partial charge in [-0.3, -0.25) is 14.4 Å². The van der Waals surface area contributed by atoms with Crippen molar-refractivity contribution in [2.75, 3.05) is 12.8 Å². The molecule has 1 aromatic heterocycles. The minimum Gasteiger partial charge on any atom is -0.350 e. The van der Waals surface area contributed by atoms with E-state index in [9.17, 15) is 4.79 Å². The van der Waals surface area contributed by atoms with E-state index in [-0.39, 0.29) is 5.91 Å². The Morgan fingerprint density at radius 1 is 1.29 bits per heavy atom. The van der Waals surface area contributed by atoms with Crippen LogP contribution in [0.15, 0.2) is 35.2 Å². The number of benzene rings is 1. The van der Waals surface area contributed by atoms with Gasteiger partial charge in [-0.05, 0) is 30.0 Å². The van der Waals surface area contributed by atoms with Gasteiger partial charge in [-0.2, -0.15) is 5.10 Å². The summed E-state index contributed by atoms with van der Waals surface area (Å²) < 4.78 is 2.07. The molecule has 3 rings (SSSR count). The summed E-state index contributed by atoms with van der Waals surface area (Å²) in [5, 5.41) is 7.48. The zero-order valence-corrected chi connectivity index (χ0v) is 15.1. The molecule has 6 heteroatoms. The summed E-state index contributed by atoms with van der Waals surface area (Å²) in [6.07, 6.45) is 2.61. The molecule has 5 nitrogen and oxygen atoms in total. The number of nitrogens with one attached hydrogen (secondary N) is 1. The fourth-order valence-corrected chi connectivity index (χ4v) is 3.31. The Morgan fingerprint density at radius 2 is 2.08 bits per heavy atom. The largest absolute Gasteiger partial charge is 0.350 e. The van der Waals surface area contributed by atoms with Crippen LogP contribution < -0.4 is 5.32 Å². The highest BCUT2D eigenvalue weighted by molar-refractivity contribution is 7.98. The van der Waals surface area contributed by atoms with Gasteiger partial charge in [-0.25, -0.2) is 0 Å². The van der Waals surface area contributed by atoms with Gasteiger partial charge < -0.3 is 5.32 Å². The van der Waals surface area contributed by atoms with Crippen LogP contribution in [0, 0.1) is 0 Å². The van der Waals surface area contributed by atoms with Crippen molar-refractivity contribution in [3.63, 3.8) is 0 Å². The highest BCUT2D eigenvalue weighted by Gasteiger charge is 2.18. The van der Waals surface area contributed by atoms with Crippen LogP contribution in [-0.4, -0.2) is 33.4 Å². The maximum atomic E-state index is 11.4. The molecule has 1 aliphatic heterocycles. The van der Waals surface area contributed by atoms with Crippen LogP contribution in [0.2, 0.25) is 0 Å². The van der Waals surface area contributed by atoms with Gasteiger partial charge in [0.15, 0.2) is 0 Å². The molecule has 0 spiro atoms. The second kappa shape index (κ2) is 7.85. The Labute approximate surface area is 147 Å². The lowest BCUT2D eigenvalue weighted by Crippen LogP contribution is -2.33. The van der Waals surface area contributed by atoms with E-state index >= 15 is 0 Å². The van der Waals surface area contributed by atoms with Crippen LogP contribution in [-0.2, 0) is 31.0 Å². The third kappa shape index (κ3) is 4.19. The van der Waals surface area contributed by atoms with Crippen molar-refractivity contribution in [3.8, 4) is 0 Å². The second-order valence-electron chi connectivity index (χ2n) is 6.04. The Kier molecular flexibility index (Phi) is 5.58. The molecule has 128 valence electrons. The van der Waals surface area contributed by atoms with Gasteiger partial charge in [-0.15, -0.1) is 11.8 Å². The topological polar surface area (TPSA) is 50.2 Å². The van der Waals surface area contributed by atoms with E-state index < -0.39 is 0 Å². The molecule has 2 aromatic rings. The second-order valence-corrected chi connectivity index (χ2v) is 6.92. The highest BCUT2D eigenvalue weighted by atomic mass is 32.2. The van der Waals surface area contributed by atoms with Crippen LogP contribution in [0.3, 0.4) is 0 Å². The number of aromatic nitrogens is 2. The molecule has 0 atom stereocenters. The Morgan fingerprint density at radius 3 is 2.79 bits per heavy atom. The molecule has 1 N–H and O–H groups in total. The number of thioether (sulfide) groups is 1. The van der Waals surface area contributed by atoms with Gasteiger partial charge in [0.2, 0.25) is 5.91 Å². The van der Waals surface area contributed by atoms with E-state index in [0.29, 0.717) is 13.0 Å². The smallest absolute Gasteiger partial charge is 0.220 e. The van der Waals surface area contributed by atoms with Crippen LogP contribution in [0.4, 0.5) is 0 Å². The molecule has 0 bridgehead atoms. The molecule has 24 heavy (non-hydrogen) atoms. The first kappa shape index (κ1) is 17.0. The van der Waals surface area contributed by atoms with Crippen LogP contribution in [0.25, 0.3) is 0 Å². The molecule has 0 fully saturated rings. The summed E-state index contributed by atoms with van der Waals surface area (Å²) in [6, 6.07) is 10.9. The molecular weight excluding hydrogens is 320 g/mol. The van der Waals surface area contributed by atoms with Gasteiger partial charge in [0.25, 0.3) is 0 Å². The van der Waals surface area contributed by atoms with Crippen LogP contribution >= 0.6 is 11.8 Å². The Balaban J connectivity index is 1.59. The minimum atomic E-state index is 0.0660. The summed E-state index contributed by atoms with van der Waals surface area (Å²) in [6.45, 7) is 6.14. The predicted octanol–water partition coefficient (Wildman–Crippen LogP) is 2.65. The van der Waals surface area contributed by atoms with Crippen molar-refractivity contribution in [3.05, 3.63) is 47.3 Å². The Hall–Kier alpha value is -1.79. The Bertz CT molecular complexity index is 696. The predicted molar refractivity (Wildman–Crippen MR) is 96.7 cm³/mol. The maximum absolute atomic E-state index is 11.4. The van der Waals surface area contributed by atoms with Crippen molar-refractivity contribution in [1.82, 2.24) is 20.0 Å². The molecule has 0 aliphatic carbocycles. The molecule has 1 amide bonds. The monoisotopic (exact) mass is 344 g/mol. The average Bonchev–Trinajstić information content (AvgIpc) is 3.02. The molecule has 0 radical (unpaired) electrons. The molecule has 1 aromatic carbocycles. The zero-order chi connectivity index (χ0) is 16.9. The first-order valence-electron chi connectivity index (χ1n) is 8.35. The van der Waals surface area contributed by atoms with Gasteiger partial charge in [0.05, 0.1) is 24.5 Å². The average molecular weight is 344 g/mol. The quantitative estimate of drug-likeness (QED) is 0.819. The van der Waals surface area contributed by atoms with E-state index in [1.54, 1.807) is 11.8 Å². The lowest BCUT2D eigenvalue weighted by molar-refractivity contribution is -0.120. The summed E-state index contributed by atoms with van der Waals surface area (Å²) in [5.41, 5.74) is 3.51. The zero-order valence-electron chi connectivity index (χ0n) is 14.3. The van der Waals surface area contributed by atoms with Crippen molar-refractivity contribution in [2.45, 2.75) is 44.4 Å². The van der Waals surface area contributed by atoms with E-state index in [4.69, 9.17) is 0 Å². The molecule has 0 unspecified atom stereocenters. The molecular formula is C18H24N4OS. The molecule has 0 saturated carbocycles. The van der Waals surface area contributed by atoms with Crippen molar-refractivity contribution in [2.24, 2.45) is 0 Å². The minimum absolute atomic E-state index is 0.0660.